The average Bonchev–Trinajstić information content (AvgIpc) is 2.86. The van der Waals surface area contributed by atoms with Crippen LogP contribution in [0.15, 0.2) is 21.1 Å². The van der Waals surface area contributed by atoms with Crippen molar-refractivity contribution in [3.05, 3.63) is 28.1 Å². The van der Waals surface area contributed by atoms with E-state index in [-0.39, 0.29) is 6.54 Å². The Morgan fingerprint density at radius 1 is 1.42 bits per heavy atom. The van der Waals surface area contributed by atoms with E-state index in [4.69, 9.17) is 15.0 Å². The van der Waals surface area contributed by atoms with E-state index in [1.165, 1.54) is 0 Å². The van der Waals surface area contributed by atoms with E-state index in [9.17, 15) is 0 Å². The summed E-state index contributed by atoms with van der Waals surface area (Å²) < 4.78 is 11.5. The van der Waals surface area contributed by atoms with Crippen LogP contribution in [0.5, 0.6) is 5.75 Å². The van der Waals surface area contributed by atoms with Crippen LogP contribution in [0.4, 0.5) is 0 Å². The molecule has 0 bridgehead atoms. The summed E-state index contributed by atoms with van der Waals surface area (Å²) in [5.41, 5.74) is 7.37. The number of hydrogen-bond donors (Lipinski definition) is 1. The Morgan fingerprint density at radius 2 is 2.16 bits per heavy atom. The molecule has 0 unspecified atom stereocenters. The minimum absolute atomic E-state index is 0.223. The van der Waals surface area contributed by atoms with E-state index in [0.29, 0.717) is 17.6 Å². The largest absolute Gasteiger partial charge is 0.496 e. The van der Waals surface area contributed by atoms with Crippen LogP contribution in [-0.4, -0.2) is 17.3 Å². The topological polar surface area (TPSA) is 74.2 Å². The van der Waals surface area contributed by atoms with Crippen molar-refractivity contribution < 1.29 is 9.26 Å². The first kappa shape index (κ1) is 14.0. The predicted molar refractivity (Wildman–Crippen MR) is 76.0 cm³/mol. The second-order valence-corrected chi connectivity index (χ2v) is 5.36. The van der Waals surface area contributed by atoms with Gasteiger partial charge in [-0.05, 0) is 23.6 Å². The highest BCUT2D eigenvalue weighted by atomic mass is 79.9. The molecule has 0 spiro atoms. The zero-order chi connectivity index (χ0) is 14.0. The van der Waals surface area contributed by atoms with Crippen molar-refractivity contribution in [1.29, 1.82) is 0 Å². The van der Waals surface area contributed by atoms with Crippen LogP contribution >= 0.6 is 15.9 Å². The summed E-state index contributed by atoms with van der Waals surface area (Å²) in [5.74, 6) is 1.98. The van der Waals surface area contributed by atoms with Gasteiger partial charge in [0, 0.05) is 4.47 Å². The molecule has 6 heteroatoms. The van der Waals surface area contributed by atoms with E-state index in [0.717, 1.165) is 21.3 Å². The molecule has 5 nitrogen and oxygen atoms in total. The summed E-state index contributed by atoms with van der Waals surface area (Å²) in [6, 6.07) is 3.95. The average molecular weight is 326 g/mol. The van der Waals surface area contributed by atoms with Crippen LogP contribution in [0.2, 0.25) is 0 Å². The Balaban J connectivity index is 2.61. The Morgan fingerprint density at radius 3 is 2.68 bits per heavy atom. The molecule has 0 aliphatic rings. The van der Waals surface area contributed by atoms with Gasteiger partial charge < -0.3 is 15.0 Å². The molecule has 1 aromatic carbocycles. The SMILES string of the molecule is COc1c(-c2noc(CN)n2)cc(Br)cc1C(C)C. The molecule has 2 rings (SSSR count). The fraction of sp³-hybridized carbons (Fsp3) is 0.385. The first-order valence-corrected chi connectivity index (χ1v) is 6.76. The molecule has 0 aliphatic carbocycles. The highest BCUT2D eigenvalue weighted by Gasteiger charge is 2.18. The van der Waals surface area contributed by atoms with Crippen molar-refractivity contribution in [1.82, 2.24) is 10.1 Å². The lowest BCUT2D eigenvalue weighted by atomic mass is 9.99. The smallest absolute Gasteiger partial charge is 0.240 e. The van der Waals surface area contributed by atoms with Gasteiger partial charge in [-0.15, -0.1) is 0 Å². The fourth-order valence-corrected chi connectivity index (χ4v) is 2.36. The van der Waals surface area contributed by atoms with E-state index in [2.05, 4.69) is 39.9 Å². The van der Waals surface area contributed by atoms with Crippen molar-refractivity contribution in [3.8, 4) is 17.1 Å². The number of halogens is 1. The number of nitrogens with zero attached hydrogens (tertiary/aromatic N) is 2. The van der Waals surface area contributed by atoms with Crippen molar-refractivity contribution in [2.75, 3.05) is 7.11 Å². The maximum atomic E-state index is 5.52. The van der Waals surface area contributed by atoms with Crippen molar-refractivity contribution in [3.63, 3.8) is 0 Å². The zero-order valence-electron chi connectivity index (χ0n) is 11.1. The molecule has 2 aromatic rings. The number of hydrogen-bond acceptors (Lipinski definition) is 5. The lowest BCUT2D eigenvalue weighted by molar-refractivity contribution is 0.379. The van der Waals surface area contributed by atoms with Crippen LogP contribution in [-0.2, 0) is 6.54 Å². The van der Waals surface area contributed by atoms with E-state index < -0.39 is 0 Å². The van der Waals surface area contributed by atoms with E-state index in [1.807, 2.05) is 12.1 Å². The number of aromatic nitrogens is 2. The Hall–Kier alpha value is -1.40. The molecule has 0 aliphatic heterocycles. The summed E-state index contributed by atoms with van der Waals surface area (Å²) in [6.07, 6.45) is 0. The molecule has 0 radical (unpaired) electrons. The predicted octanol–water partition coefficient (Wildman–Crippen LogP) is 3.09. The zero-order valence-corrected chi connectivity index (χ0v) is 12.7. The van der Waals surface area contributed by atoms with Crippen molar-refractivity contribution >= 4 is 15.9 Å². The molecule has 19 heavy (non-hydrogen) atoms. The molecule has 0 fully saturated rings. The van der Waals surface area contributed by atoms with Crippen LogP contribution in [0.25, 0.3) is 11.4 Å². The third-order valence-corrected chi connectivity index (χ3v) is 3.25. The molecule has 0 amide bonds. The third-order valence-electron chi connectivity index (χ3n) is 2.79. The van der Waals surface area contributed by atoms with Crippen LogP contribution < -0.4 is 10.5 Å². The Labute approximate surface area is 120 Å². The van der Waals surface area contributed by atoms with Gasteiger partial charge in [-0.25, -0.2) is 0 Å². The lowest BCUT2D eigenvalue weighted by Gasteiger charge is -2.15. The normalized spacial score (nSPS) is 11.1. The maximum Gasteiger partial charge on any atom is 0.240 e. The fourth-order valence-electron chi connectivity index (χ4n) is 1.88. The minimum Gasteiger partial charge on any atom is -0.496 e. The van der Waals surface area contributed by atoms with E-state index >= 15 is 0 Å². The number of benzene rings is 1. The monoisotopic (exact) mass is 325 g/mol. The van der Waals surface area contributed by atoms with Gasteiger partial charge in [0.1, 0.15) is 5.75 Å². The first-order valence-electron chi connectivity index (χ1n) is 5.97. The molecule has 0 saturated carbocycles. The molecule has 2 N–H and O–H groups in total. The summed E-state index contributed by atoms with van der Waals surface area (Å²) >= 11 is 3.50. The van der Waals surface area contributed by atoms with Gasteiger partial charge in [-0.2, -0.15) is 4.98 Å². The van der Waals surface area contributed by atoms with Crippen molar-refractivity contribution in [2.24, 2.45) is 5.73 Å². The summed E-state index contributed by atoms with van der Waals surface area (Å²) in [7, 11) is 1.64. The van der Waals surface area contributed by atoms with Crippen LogP contribution in [0.3, 0.4) is 0 Å². The molecule has 0 saturated heterocycles. The minimum atomic E-state index is 0.223. The van der Waals surface area contributed by atoms with Gasteiger partial charge in [-0.1, -0.05) is 34.9 Å². The molecular weight excluding hydrogens is 310 g/mol. The molecule has 1 heterocycles. The second kappa shape index (κ2) is 5.71. The second-order valence-electron chi connectivity index (χ2n) is 4.45. The summed E-state index contributed by atoms with van der Waals surface area (Å²) in [6.45, 7) is 4.44. The molecule has 1 aromatic heterocycles. The van der Waals surface area contributed by atoms with Crippen molar-refractivity contribution in [2.45, 2.75) is 26.3 Å². The maximum absolute atomic E-state index is 5.52. The van der Waals surface area contributed by atoms with E-state index in [1.54, 1.807) is 7.11 Å². The molecule has 0 atom stereocenters. The molecule has 102 valence electrons. The first-order chi connectivity index (χ1) is 9.06. The van der Waals surface area contributed by atoms with Gasteiger partial charge >= 0.3 is 0 Å². The number of ether oxygens (including phenoxy) is 1. The number of methoxy groups -OCH3 is 1. The van der Waals surface area contributed by atoms with Crippen LogP contribution in [0, 0.1) is 0 Å². The van der Waals surface area contributed by atoms with Gasteiger partial charge in [0.2, 0.25) is 11.7 Å². The Bertz CT molecular complexity index is 581. The quantitative estimate of drug-likeness (QED) is 0.934. The lowest BCUT2D eigenvalue weighted by Crippen LogP contribution is -1.99. The number of rotatable bonds is 4. The van der Waals surface area contributed by atoms with Gasteiger partial charge in [0.15, 0.2) is 0 Å². The van der Waals surface area contributed by atoms with Gasteiger partial charge in [-0.3, -0.25) is 0 Å². The van der Waals surface area contributed by atoms with Gasteiger partial charge in [0.25, 0.3) is 0 Å². The Kier molecular flexibility index (Phi) is 4.21. The summed E-state index contributed by atoms with van der Waals surface area (Å²) in [4.78, 5) is 4.25. The van der Waals surface area contributed by atoms with Crippen LogP contribution in [0.1, 0.15) is 31.2 Å². The van der Waals surface area contributed by atoms with Gasteiger partial charge in [0.05, 0.1) is 19.2 Å². The highest BCUT2D eigenvalue weighted by Crippen LogP contribution is 2.38. The highest BCUT2D eigenvalue weighted by molar-refractivity contribution is 9.10. The third kappa shape index (κ3) is 2.79. The molecular formula is C13H16BrN3O2. The summed E-state index contributed by atoms with van der Waals surface area (Å²) in [5, 5.41) is 3.94. The number of nitrogens with two attached hydrogens (primary N) is 1. The standard InChI is InChI=1S/C13H16BrN3O2/c1-7(2)9-4-8(14)5-10(12(9)18-3)13-16-11(6-15)19-17-13/h4-5,7H,6,15H2,1-3H3.